The summed E-state index contributed by atoms with van der Waals surface area (Å²) in [6.07, 6.45) is 2.00. The summed E-state index contributed by atoms with van der Waals surface area (Å²) in [5, 5.41) is 8.60. The van der Waals surface area contributed by atoms with E-state index in [1.54, 1.807) is 43.3 Å². The third kappa shape index (κ3) is 7.37. The highest BCUT2D eigenvalue weighted by atomic mass is 19.1. The average molecular weight is 548 g/mol. The van der Waals surface area contributed by atoms with Crippen molar-refractivity contribution in [3.05, 3.63) is 94.3 Å². The maximum atomic E-state index is 14.1. The quantitative estimate of drug-likeness (QED) is 0.449. The van der Waals surface area contributed by atoms with E-state index in [-0.39, 0.29) is 36.7 Å². The standard InChI is InChI=1S/C31H34FN3O5/c1-20-10-11-21(18-26(20)32)17-22-7-3-4-8-24(22)30(37)35-27-9-5-6-14-33-29(36)25-13-12-23(39-2)19-28(25)40-16-15-34-31(27)38/h3-4,7-8,10-13,18-19,27H,5-6,9,14-17H2,1-2H3,(H,33,36)(H,34,38)(H,35,37)/t27-/m0/s1. The van der Waals surface area contributed by atoms with Crippen molar-refractivity contribution in [3.8, 4) is 11.5 Å². The molecule has 0 spiro atoms. The molecule has 0 saturated carbocycles. The number of amides is 3. The molecule has 0 unspecified atom stereocenters. The molecule has 1 atom stereocenters. The lowest BCUT2D eigenvalue weighted by Crippen LogP contribution is -2.47. The molecule has 1 heterocycles. The van der Waals surface area contributed by atoms with Crippen molar-refractivity contribution in [1.82, 2.24) is 16.0 Å². The van der Waals surface area contributed by atoms with Crippen molar-refractivity contribution in [2.75, 3.05) is 26.8 Å². The molecular formula is C31H34FN3O5. The molecule has 0 fully saturated rings. The van der Waals surface area contributed by atoms with E-state index in [1.165, 1.54) is 13.2 Å². The van der Waals surface area contributed by atoms with Crippen LogP contribution in [0.4, 0.5) is 4.39 Å². The summed E-state index contributed by atoms with van der Waals surface area (Å²) < 4.78 is 25.1. The number of fused-ring (bicyclic) bond motifs is 1. The Morgan fingerprint density at radius 3 is 2.67 bits per heavy atom. The minimum Gasteiger partial charge on any atom is -0.497 e. The van der Waals surface area contributed by atoms with Crippen LogP contribution in [0.2, 0.25) is 0 Å². The van der Waals surface area contributed by atoms with E-state index in [0.29, 0.717) is 60.4 Å². The van der Waals surface area contributed by atoms with Crippen LogP contribution in [-0.4, -0.2) is 50.6 Å². The molecule has 0 aliphatic carbocycles. The maximum absolute atomic E-state index is 14.1. The number of aryl methyl sites for hydroxylation is 1. The summed E-state index contributed by atoms with van der Waals surface area (Å²) in [6.45, 7) is 2.41. The number of carbonyl (C=O) groups is 3. The van der Waals surface area contributed by atoms with Crippen LogP contribution < -0.4 is 25.4 Å². The Hall–Kier alpha value is -4.40. The van der Waals surface area contributed by atoms with Gasteiger partial charge >= 0.3 is 0 Å². The van der Waals surface area contributed by atoms with Crippen LogP contribution in [0, 0.1) is 12.7 Å². The van der Waals surface area contributed by atoms with Gasteiger partial charge in [0.1, 0.15) is 30.0 Å². The highest BCUT2D eigenvalue weighted by Crippen LogP contribution is 2.25. The van der Waals surface area contributed by atoms with Gasteiger partial charge in [-0.2, -0.15) is 0 Å². The number of ether oxygens (including phenoxy) is 2. The molecule has 210 valence electrons. The Morgan fingerprint density at radius 1 is 1.05 bits per heavy atom. The van der Waals surface area contributed by atoms with Gasteiger partial charge in [-0.05, 0) is 73.6 Å². The molecule has 0 saturated heterocycles. The summed E-state index contributed by atoms with van der Waals surface area (Å²) in [6, 6.07) is 16.3. The highest BCUT2D eigenvalue weighted by Gasteiger charge is 2.23. The minimum absolute atomic E-state index is 0.121. The van der Waals surface area contributed by atoms with E-state index in [0.717, 1.165) is 11.1 Å². The van der Waals surface area contributed by atoms with Gasteiger partial charge in [-0.3, -0.25) is 14.4 Å². The third-order valence-electron chi connectivity index (χ3n) is 6.81. The Labute approximate surface area is 233 Å². The van der Waals surface area contributed by atoms with E-state index >= 15 is 0 Å². The van der Waals surface area contributed by atoms with E-state index < -0.39 is 6.04 Å². The van der Waals surface area contributed by atoms with Crippen LogP contribution in [-0.2, 0) is 11.2 Å². The zero-order chi connectivity index (χ0) is 28.5. The molecule has 3 aromatic carbocycles. The summed E-state index contributed by atoms with van der Waals surface area (Å²) >= 11 is 0. The first-order chi connectivity index (χ1) is 19.4. The molecule has 1 aliphatic rings. The normalized spacial score (nSPS) is 16.4. The van der Waals surface area contributed by atoms with E-state index in [1.807, 2.05) is 18.2 Å². The number of rotatable bonds is 5. The molecule has 0 aromatic heterocycles. The Bertz CT molecular complexity index is 1380. The fraction of sp³-hybridized carbons (Fsp3) is 0.323. The number of halogens is 1. The Morgan fingerprint density at radius 2 is 1.88 bits per heavy atom. The molecule has 3 N–H and O–H groups in total. The Balaban J connectivity index is 1.45. The molecule has 0 bridgehead atoms. The van der Waals surface area contributed by atoms with Gasteiger partial charge in [0.05, 0.1) is 19.2 Å². The predicted molar refractivity (Wildman–Crippen MR) is 149 cm³/mol. The molecule has 3 amide bonds. The second-order valence-corrected chi connectivity index (χ2v) is 9.70. The van der Waals surface area contributed by atoms with E-state index in [2.05, 4.69) is 16.0 Å². The molecule has 40 heavy (non-hydrogen) atoms. The van der Waals surface area contributed by atoms with Crippen molar-refractivity contribution in [1.29, 1.82) is 0 Å². The number of methoxy groups -OCH3 is 1. The predicted octanol–water partition coefficient (Wildman–Crippen LogP) is 3.94. The van der Waals surface area contributed by atoms with Crippen molar-refractivity contribution in [2.45, 2.75) is 38.6 Å². The molecule has 9 heteroatoms. The monoisotopic (exact) mass is 547 g/mol. The van der Waals surface area contributed by atoms with Crippen molar-refractivity contribution >= 4 is 17.7 Å². The summed E-state index contributed by atoms with van der Waals surface area (Å²) in [4.78, 5) is 39.1. The van der Waals surface area contributed by atoms with Crippen LogP contribution >= 0.6 is 0 Å². The molecule has 4 rings (SSSR count). The molecule has 8 nitrogen and oxygen atoms in total. The van der Waals surface area contributed by atoms with Crippen LogP contribution in [0.25, 0.3) is 0 Å². The van der Waals surface area contributed by atoms with Crippen LogP contribution in [0.15, 0.2) is 60.7 Å². The van der Waals surface area contributed by atoms with E-state index in [9.17, 15) is 18.8 Å². The lowest BCUT2D eigenvalue weighted by atomic mass is 9.98. The van der Waals surface area contributed by atoms with Gasteiger partial charge in [0, 0.05) is 18.2 Å². The van der Waals surface area contributed by atoms with Gasteiger partial charge in [0.2, 0.25) is 5.91 Å². The van der Waals surface area contributed by atoms with E-state index in [4.69, 9.17) is 9.47 Å². The van der Waals surface area contributed by atoms with Gasteiger partial charge < -0.3 is 25.4 Å². The second kappa shape index (κ2) is 13.6. The minimum atomic E-state index is -0.775. The van der Waals surface area contributed by atoms with Gasteiger partial charge in [0.25, 0.3) is 11.8 Å². The fourth-order valence-electron chi connectivity index (χ4n) is 4.53. The Kier molecular flexibility index (Phi) is 9.72. The zero-order valence-electron chi connectivity index (χ0n) is 22.7. The van der Waals surface area contributed by atoms with Crippen LogP contribution in [0.5, 0.6) is 11.5 Å². The zero-order valence-corrected chi connectivity index (χ0v) is 22.7. The van der Waals surface area contributed by atoms with Gasteiger partial charge in [-0.15, -0.1) is 0 Å². The number of nitrogens with one attached hydrogen (secondary N) is 3. The lowest BCUT2D eigenvalue weighted by Gasteiger charge is -2.20. The molecular weight excluding hydrogens is 513 g/mol. The lowest BCUT2D eigenvalue weighted by molar-refractivity contribution is -0.123. The highest BCUT2D eigenvalue weighted by molar-refractivity contribution is 5.99. The first-order valence-corrected chi connectivity index (χ1v) is 13.4. The molecule has 1 aliphatic heterocycles. The largest absolute Gasteiger partial charge is 0.497 e. The smallest absolute Gasteiger partial charge is 0.255 e. The first kappa shape index (κ1) is 28.6. The summed E-state index contributed by atoms with van der Waals surface area (Å²) in [5.41, 5.74) is 2.86. The van der Waals surface area contributed by atoms with Gasteiger partial charge in [-0.1, -0.05) is 30.3 Å². The first-order valence-electron chi connectivity index (χ1n) is 13.4. The number of benzene rings is 3. The third-order valence-corrected chi connectivity index (χ3v) is 6.81. The molecule has 0 radical (unpaired) electrons. The average Bonchev–Trinajstić information content (AvgIpc) is 2.95. The van der Waals surface area contributed by atoms with Crippen LogP contribution in [0.3, 0.4) is 0 Å². The SMILES string of the molecule is COc1ccc2c(c1)OCCNC(=O)[C@@H](NC(=O)c1ccccc1Cc1ccc(C)c(F)c1)CCCCNC2=O. The number of hydrogen-bond donors (Lipinski definition) is 3. The van der Waals surface area contributed by atoms with Gasteiger partial charge in [-0.25, -0.2) is 4.39 Å². The number of carbonyl (C=O) groups excluding carboxylic acids is 3. The van der Waals surface area contributed by atoms with Crippen molar-refractivity contribution < 1.29 is 28.2 Å². The summed E-state index contributed by atoms with van der Waals surface area (Å²) in [7, 11) is 1.53. The van der Waals surface area contributed by atoms with Crippen molar-refractivity contribution in [2.24, 2.45) is 0 Å². The summed E-state index contributed by atoms with van der Waals surface area (Å²) in [5.74, 6) is -0.338. The van der Waals surface area contributed by atoms with Gasteiger partial charge in [0.15, 0.2) is 0 Å². The second-order valence-electron chi connectivity index (χ2n) is 9.70. The fourth-order valence-corrected chi connectivity index (χ4v) is 4.53. The molecule has 3 aromatic rings. The van der Waals surface area contributed by atoms with Crippen LogP contribution in [0.1, 0.15) is 56.7 Å². The number of hydrogen-bond acceptors (Lipinski definition) is 5. The maximum Gasteiger partial charge on any atom is 0.255 e. The topological polar surface area (TPSA) is 106 Å². The van der Waals surface area contributed by atoms with Crippen molar-refractivity contribution in [3.63, 3.8) is 0 Å².